The number of carbonyl (C=O) groups is 2. The summed E-state index contributed by atoms with van der Waals surface area (Å²) < 4.78 is 5.46. The molecule has 2 atom stereocenters. The predicted molar refractivity (Wildman–Crippen MR) is 250 cm³/mol. The minimum absolute atomic E-state index is 0.00835. The van der Waals surface area contributed by atoms with Crippen LogP contribution < -0.4 is 5.32 Å². The van der Waals surface area contributed by atoms with Crippen LogP contribution in [0.2, 0.25) is 0 Å². The van der Waals surface area contributed by atoms with Gasteiger partial charge in [-0.25, -0.2) is 0 Å². The van der Waals surface area contributed by atoms with Crippen LogP contribution in [0.15, 0.2) is 0 Å². The number of carbonyl (C=O) groups excluding carboxylic acids is 2. The van der Waals surface area contributed by atoms with Crippen molar-refractivity contribution in [2.24, 2.45) is 0 Å². The number of ether oxygens (including phenoxy) is 1. The molecule has 2 unspecified atom stereocenters. The summed E-state index contributed by atoms with van der Waals surface area (Å²) >= 11 is 0. The van der Waals surface area contributed by atoms with Crippen LogP contribution in [0.1, 0.15) is 296 Å². The highest BCUT2D eigenvalue weighted by molar-refractivity contribution is 5.76. The average Bonchev–Trinajstić information content (AvgIpc) is 3.22. The van der Waals surface area contributed by atoms with Gasteiger partial charge in [0.25, 0.3) is 0 Å². The first-order valence-electron chi connectivity index (χ1n) is 26.3. The van der Waals surface area contributed by atoms with E-state index < -0.39 is 12.1 Å². The SMILES string of the molecule is CCCCCCCCCCCCCCC(=O)OCCCCCCCCCCCCCCCCCCCCC(=O)NC(CO)C(O)CCCCCCCCCCCCC. The molecule has 3 N–H and O–H groups in total. The van der Waals surface area contributed by atoms with Crippen molar-refractivity contribution in [2.75, 3.05) is 13.2 Å². The maximum absolute atomic E-state index is 12.4. The van der Waals surface area contributed by atoms with Crippen LogP contribution in [0.4, 0.5) is 0 Å². The number of unbranched alkanes of at least 4 members (excludes halogenated alkanes) is 38. The van der Waals surface area contributed by atoms with Crippen molar-refractivity contribution < 1.29 is 24.5 Å². The van der Waals surface area contributed by atoms with E-state index in [1.807, 2.05) is 0 Å². The zero-order valence-electron chi connectivity index (χ0n) is 39.3. The largest absolute Gasteiger partial charge is 0.466 e. The number of amides is 1. The molecule has 0 aliphatic heterocycles. The third kappa shape index (κ3) is 44.4. The van der Waals surface area contributed by atoms with Gasteiger partial charge in [-0.3, -0.25) is 9.59 Å². The minimum Gasteiger partial charge on any atom is -0.466 e. The topological polar surface area (TPSA) is 95.9 Å². The standard InChI is InChI=1S/C52H103NO5/c1-3-5-7-9-11-13-15-26-30-34-38-42-46-52(57)58-47-43-39-35-31-27-23-21-19-17-16-18-20-22-25-29-33-37-41-45-51(56)53-49(48-54)50(55)44-40-36-32-28-24-14-12-10-8-6-4-2/h49-50,54-55H,3-48H2,1-2H3,(H,53,56). The number of esters is 1. The summed E-state index contributed by atoms with van der Waals surface area (Å²) in [4.78, 5) is 24.4. The number of aliphatic hydroxyl groups excluding tert-OH is 2. The molecule has 0 radical (unpaired) electrons. The molecule has 0 aliphatic rings. The number of hydrogen-bond donors (Lipinski definition) is 3. The zero-order valence-corrected chi connectivity index (χ0v) is 39.3. The lowest BCUT2D eigenvalue weighted by atomic mass is 10.0. The molecule has 0 bridgehead atoms. The Morgan fingerprint density at radius 3 is 1.05 bits per heavy atom. The first-order valence-corrected chi connectivity index (χ1v) is 26.3. The summed E-state index contributed by atoms with van der Waals surface area (Å²) in [6.45, 7) is 4.94. The predicted octanol–water partition coefficient (Wildman–Crippen LogP) is 15.6. The molecule has 0 aliphatic carbocycles. The number of hydrogen-bond acceptors (Lipinski definition) is 5. The molecule has 0 aromatic heterocycles. The highest BCUT2D eigenvalue weighted by Gasteiger charge is 2.20. The van der Waals surface area contributed by atoms with Gasteiger partial charge in [0, 0.05) is 12.8 Å². The third-order valence-electron chi connectivity index (χ3n) is 12.4. The van der Waals surface area contributed by atoms with Crippen molar-refractivity contribution in [1.29, 1.82) is 0 Å². The van der Waals surface area contributed by atoms with Crippen LogP contribution in [0.25, 0.3) is 0 Å². The van der Waals surface area contributed by atoms with Crippen molar-refractivity contribution in [1.82, 2.24) is 5.32 Å². The van der Waals surface area contributed by atoms with E-state index in [1.54, 1.807) is 0 Å². The minimum atomic E-state index is -0.664. The van der Waals surface area contributed by atoms with Gasteiger partial charge in [-0.05, 0) is 25.7 Å². The smallest absolute Gasteiger partial charge is 0.305 e. The summed E-state index contributed by atoms with van der Waals surface area (Å²) in [5, 5.41) is 23.1. The summed E-state index contributed by atoms with van der Waals surface area (Å²) in [5.74, 6) is -0.0304. The second-order valence-electron chi connectivity index (χ2n) is 18.2. The van der Waals surface area contributed by atoms with Crippen molar-refractivity contribution in [3.05, 3.63) is 0 Å². The Bertz CT molecular complexity index is 822. The Morgan fingerprint density at radius 2 is 0.707 bits per heavy atom. The Labute approximate surface area is 362 Å². The fraction of sp³-hybridized carbons (Fsp3) is 0.962. The first-order chi connectivity index (χ1) is 28.5. The Hall–Kier alpha value is -1.14. The van der Waals surface area contributed by atoms with Gasteiger partial charge in [0.15, 0.2) is 0 Å². The Morgan fingerprint density at radius 1 is 0.414 bits per heavy atom. The van der Waals surface area contributed by atoms with Crippen molar-refractivity contribution in [3.8, 4) is 0 Å². The quantitative estimate of drug-likeness (QED) is 0.0420. The molecule has 0 heterocycles. The Kier molecular flexibility index (Phi) is 47.6. The fourth-order valence-electron chi connectivity index (χ4n) is 8.35. The van der Waals surface area contributed by atoms with Gasteiger partial charge < -0.3 is 20.3 Å². The normalized spacial score (nSPS) is 12.6. The zero-order chi connectivity index (χ0) is 42.3. The van der Waals surface area contributed by atoms with Gasteiger partial charge in [0.2, 0.25) is 5.91 Å². The van der Waals surface area contributed by atoms with Gasteiger partial charge in [-0.1, -0.05) is 258 Å². The van der Waals surface area contributed by atoms with E-state index in [2.05, 4.69) is 19.2 Å². The lowest BCUT2D eigenvalue weighted by molar-refractivity contribution is -0.143. The number of nitrogens with one attached hydrogen (secondary N) is 1. The summed E-state index contributed by atoms with van der Waals surface area (Å²) in [6.07, 6.45) is 53.6. The second-order valence-corrected chi connectivity index (χ2v) is 18.2. The van der Waals surface area contributed by atoms with E-state index in [4.69, 9.17) is 4.74 Å². The molecule has 0 aromatic carbocycles. The van der Waals surface area contributed by atoms with E-state index in [0.29, 0.717) is 25.9 Å². The number of rotatable bonds is 49. The highest BCUT2D eigenvalue weighted by Crippen LogP contribution is 2.17. The molecule has 1 amide bonds. The lowest BCUT2D eigenvalue weighted by Gasteiger charge is -2.22. The third-order valence-corrected chi connectivity index (χ3v) is 12.4. The van der Waals surface area contributed by atoms with Gasteiger partial charge in [0.1, 0.15) is 0 Å². The molecule has 0 fully saturated rings. The summed E-state index contributed by atoms with van der Waals surface area (Å²) in [5.41, 5.74) is 0. The molecular formula is C52H103NO5. The maximum Gasteiger partial charge on any atom is 0.305 e. The fourth-order valence-corrected chi connectivity index (χ4v) is 8.35. The van der Waals surface area contributed by atoms with Crippen LogP contribution >= 0.6 is 0 Å². The van der Waals surface area contributed by atoms with E-state index in [1.165, 1.54) is 225 Å². The summed E-state index contributed by atoms with van der Waals surface area (Å²) in [7, 11) is 0. The van der Waals surface area contributed by atoms with Crippen LogP contribution in [0, 0.1) is 0 Å². The lowest BCUT2D eigenvalue weighted by Crippen LogP contribution is -2.45. The van der Waals surface area contributed by atoms with E-state index >= 15 is 0 Å². The summed E-state index contributed by atoms with van der Waals surface area (Å²) in [6, 6.07) is -0.541. The van der Waals surface area contributed by atoms with E-state index in [-0.39, 0.29) is 18.5 Å². The van der Waals surface area contributed by atoms with E-state index in [9.17, 15) is 19.8 Å². The maximum atomic E-state index is 12.4. The number of aliphatic hydroxyl groups is 2. The molecule has 6 nitrogen and oxygen atoms in total. The van der Waals surface area contributed by atoms with E-state index in [0.717, 1.165) is 38.5 Å². The van der Waals surface area contributed by atoms with Crippen LogP contribution in [-0.2, 0) is 14.3 Å². The molecular weight excluding hydrogens is 719 g/mol. The molecule has 0 rings (SSSR count). The second kappa shape index (κ2) is 48.5. The Balaban J connectivity index is 3.38. The van der Waals surface area contributed by atoms with Crippen molar-refractivity contribution in [3.63, 3.8) is 0 Å². The molecule has 0 aromatic rings. The van der Waals surface area contributed by atoms with Gasteiger partial charge in [-0.2, -0.15) is 0 Å². The van der Waals surface area contributed by atoms with Crippen LogP contribution in [0.5, 0.6) is 0 Å². The molecule has 0 spiro atoms. The molecule has 6 heteroatoms. The monoisotopic (exact) mass is 822 g/mol. The first kappa shape index (κ1) is 56.9. The molecule has 346 valence electrons. The van der Waals surface area contributed by atoms with Crippen molar-refractivity contribution in [2.45, 2.75) is 309 Å². The van der Waals surface area contributed by atoms with Crippen LogP contribution in [-0.4, -0.2) is 47.4 Å². The van der Waals surface area contributed by atoms with Gasteiger partial charge in [-0.15, -0.1) is 0 Å². The molecule has 58 heavy (non-hydrogen) atoms. The van der Waals surface area contributed by atoms with Gasteiger partial charge in [0.05, 0.1) is 25.4 Å². The van der Waals surface area contributed by atoms with Gasteiger partial charge >= 0.3 is 5.97 Å². The van der Waals surface area contributed by atoms with Crippen LogP contribution in [0.3, 0.4) is 0 Å². The average molecular weight is 822 g/mol. The van der Waals surface area contributed by atoms with Crippen molar-refractivity contribution >= 4 is 11.9 Å². The highest BCUT2D eigenvalue weighted by atomic mass is 16.5. The molecule has 0 saturated heterocycles. The molecule has 0 saturated carbocycles.